The molecular formula is C20H12N2O6. The molecular weight excluding hydrogens is 364 g/mol. The van der Waals surface area contributed by atoms with Gasteiger partial charge in [-0.1, -0.05) is 18.2 Å². The van der Waals surface area contributed by atoms with E-state index in [2.05, 4.69) is 5.32 Å². The molecule has 138 valence electrons. The summed E-state index contributed by atoms with van der Waals surface area (Å²) in [5.41, 5.74) is -0.876. The normalized spacial score (nSPS) is 12.3. The van der Waals surface area contributed by atoms with Crippen LogP contribution in [-0.4, -0.2) is 26.7 Å². The molecule has 4 rings (SSSR count). The van der Waals surface area contributed by atoms with E-state index in [1.54, 1.807) is 30.3 Å². The molecule has 8 nitrogen and oxygen atoms in total. The Morgan fingerprint density at radius 3 is 2.25 bits per heavy atom. The van der Waals surface area contributed by atoms with Crippen molar-refractivity contribution in [1.29, 1.82) is 0 Å². The number of nitro groups is 1. The lowest BCUT2D eigenvalue weighted by atomic mass is 9.81. The van der Waals surface area contributed by atoms with Gasteiger partial charge in [-0.25, -0.2) is 0 Å². The number of anilines is 2. The molecule has 0 atom stereocenters. The average Bonchev–Trinajstić information content (AvgIpc) is 2.66. The number of benzene rings is 3. The van der Waals surface area contributed by atoms with E-state index >= 15 is 0 Å². The summed E-state index contributed by atoms with van der Waals surface area (Å²) in [4.78, 5) is 36.8. The van der Waals surface area contributed by atoms with Crippen LogP contribution in [0.25, 0.3) is 0 Å². The van der Waals surface area contributed by atoms with E-state index in [0.29, 0.717) is 5.69 Å². The fourth-order valence-electron chi connectivity index (χ4n) is 3.28. The van der Waals surface area contributed by atoms with E-state index in [1.807, 2.05) is 0 Å². The number of para-hydroxylation sites is 1. The van der Waals surface area contributed by atoms with Crippen molar-refractivity contribution >= 4 is 28.6 Å². The maximum Gasteiger partial charge on any atom is 0.281 e. The van der Waals surface area contributed by atoms with Crippen molar-refractivity contribution in [3.63, 3.8) is 0 Å². The SMILES string of the molecule is O=C1c2cc(O)cc(O)c2C(=O)c2c([N+](=O)[O-])ccc(Nc3ccccc3)c21. The Labute approximate surface area is 157 Å². The predicted octanol–water partition coefficient (Wildman–Crippen LogP) is 3.53. The van der Waals surface area contributed by atoms with Crippen LogP contribution in [0.5, 0.6) is 11.5 Å². The lowest BCUT2D eigenvalue weighted by molar-refractivity contribution is -0.385. The van der Waals surface area contributed by atoms with E-state index < -0.39 is 39.2 Å². The van der Waals surface area contributed by atoms with Gasteiger partial charge in [0.25, 0.3) is 5.69 Å². The number of fused-ring (bicyclic) bond motifs is 2. The monoisotopic (exact) mass is 376 g/mol. The topological polar surface area (TPSA) is 130 Å². The number of phenols is 2. The van der Waals surface area contributed by atoms with Crippen molar-refractivity contribution in [2.45, 2.75) is 0 Å². The highest BCUT2D eigenvalue weighted by molar-refractivity contribution is 6.32. The van der Waals surface area contributed by atoms with E-state index in [0.717, 1.165) is 18.2 Å². The Morgan fingerprint density at radius 2 is 1.57 bits per heavy atom. The molecule has 0 radical (unpaired) electrons. The molecule has 0 heterocycles. The minimum atomic E-state index is -0.856. The van der Waals surface area contributed by atoms with Gasteiger partial charge < -0.3 is 15.5 Å². The maximum atomic E-state index is 13.1. The van der Waals surface area contributed by atoms with Gasteiger partial charge in [-0.2, -0.15) is 0 Å². The molecule has 0 bridgehead atoms. The summed E-state index contributed by atoms with van der Waals surface area (Å²) in [6, 6.07) is 13.2. The van der Waals surface area contributed by atoms with Gasteiger partial charge in [-0.15, -0.1) is 0 Å². The fraction of sp³-hybridized carbons (Fsp3) is 0. The third kappa shape index (κ3) is 2.55. The van der Waals surface area contributed by atoms with Crippen molar-refractivity contribution in [2.75, 3.05) is 5.32 Å². The summed E-state index contributed by atoms with van der Waals surface area (Å²) in [7, 11) is 0. The average molecular weight is 376 g/mol. The van der Waals surface area contributed by atoms with Gasteiger partial charge in [0.1, 0.15) is 17.1 Å². The van der Waals surface area contributed by atoms with Crippen LogP contribution in [0.4, 0.5) is 17.1 Å². The molecule has 0 aliphatic heterocycles. The number of phenolic OH excluding ortho intramolecular Hbond substituents is 2. The first-order chi connectivity index (χ1) is 13.4. The first kappa shape index (κ1) is 17.2. The van der Waals surface area contributed by atoms with Crippen LogP contribution < -0.4 is 5.32 Å². The summed E-state index contributed by atoms with van der Waals surface area (Å²) in [6.45, 7) is 0. The molecule has 0 spiro atoms. The summed E-state index contributed by atoms with van der Waals surface area (Å²) in [5.74, 6) is -2.58. The third-order valence-electron chi connectivity index (χ3n) is 4.46. The van der Waals surface area contributed by atoms with E-state index in [-0.39, 0.29) is 22.4 Å². The van der Waals surface area contributed by atoms with Crippen molar-refractivity contribution in [2.24, 2.45) is 0 Å². The number of rotatable bonds is 3. The van der Waals surface area contributed by atoms with Gasteiger partial charge >= 0.3 is 0 Å². The number of aromatic hydroxyl groups is 2. The highest BCUT2D eigenvalue weighted by Gasteiger charge is 2.39. The van der Waals surface area contributed by atoms with Crippen LogP contribution in [-0.2, 0) is 0 Å². The van der Waals surface area contributed by atoms with Crippen LogP contribution in [0, 0.1) is 10.1 Å². The first-order valence-electron chi connectivity index (χ1n) is 8.17. The summed E-state index contributed by atoms with van der Waals surface area (Å²) >= 11 is 0. The molecule has 1 aliphatic rings. The Hall–Kier alpha value is -4.20. The number of hydrogen-bond acceptors (Lipinski definition) is 7. The van der Waals surface area contributed by atoms with Gasteiger partial charge in [-0.05, 0) is 24.3 Å². The molecule has 0 saturated carbocycles. The second-order valence-corrected chi connectivity index (χ2v) is 6.18. The highest BCUT2D eigenvalue weighted by Crippen LogP contribution is 2.42. The molecule has 0 unspecified atom stereocenters. The van der Waals surface area contributed by atoms with Gasteiger partial charge in [0.15, 0.2) is 5.78 Å². The van der Waals surface area contributed by atoms with E-state index in [9.17, 15) is 29.9 Å². The van der Waals surface area contributed by atoms with Gasteiger partial charge in [0.2, 0.25) is 5.78 Å². The minimum Gasteiger partial charge on any atom is -0.508 e. The van der Waals surface area contributed by atoms with Crippen molar-refractivity contribution in [3.05, 3.63) is 87.0 Å². The van der Waals surface area contributed by atoms with Gasteiger partial charge in [0, 0.05) is 23.4 Å². The molecule has 0 fully saturated rings. The van der Waals surface area contributed by atoms with Crippen LogP contribution in [0.2, 0.25) is 0 Å². The number of nitrogens with one attached hydrogen (secondary N) is 1. The first-order valence-corrected chi connectivity index (χ1v) is 8.17. The standard InChI is InChI=1S/C20H12N2O6/c23-11-8-12-16(15(24)9-11)20(26)18-14(22(27)28)7-6-13(17(18)19(12)25)21-10-4-2-1-3-5-10/h1-9,21,23-24H. The predicted molar refractivity (Wildman–Crippen MR) is 99.5 cm³/mol. The lowest BCUT2D eigenvalue weighted by Gasteiger charge is -2.21. The van der Waals surface area contributed by atoms with Crippen LogP contribution in [0.15, 0.2) is 54.6 Å². The molecule has 3 aromatic carbocycles. The number of hydrogen-bond donors (Lipinski definition) is 3. The largest absolute Gasteiger partial charge is 0.508 e. The van der Waals surface area contributed by atoms with Crippen molar-refractivity contribution in [3.8, 4) is 11.5 Å². The van der Waals surface area contributed by atoms with Crippen LogP contribution in [0.3, 0.4) is 0 Å². The minimum absolute atomic E-state index is 0.180. The van der Waals surface area contributed by atoms with Crippen molar-refractivity contribution < 1.29 is 24.7 Å². The molecule has 3 aromatic rings. The third-order valence-corrected chi connectivity index (χ3v) is 4.46. The zero-order valence-electron chi connectivity index (χ0n) is 14.2. The zero-order chi connectivity index (χ0) is 20.0. The Kier molecular flexibility index (Phi) is 3.82. The van der Waals surface area contributed by atoms with E-state index in [4.69, 9.17) is 0 Å². The summed E-state index contributed by atoms with van der Waals surface area (Å²) in [5, 5.41) is 34.2. The summed E-state index contributed by atoms with van der Waals surface area (Å²) in [6.07, 6.45) is 0. The molecule has 0 saturated heterocycles. The van der Waals surface area contributed by atoms with Crippen LogP contribution >= 0.6 is 0 Å². The van der Waals surface area contributed by atoms with E-state index in [1.165, 1.54) is 6.07 Å². The second kappa shape index (κ2) is 6.20. The highest BCUT2D eigenvalue weighted by atomic mass is 16.6. The molecule has 3 N–H and O–H groups in total. The molecule has 1 aliphatic carbocycles. The maximum absolute atomic E-state index is 13.1. The molecule has 8 heteroatoms. The number of carbonyl (C=O) groups excluding carboxylic acids is 2. The van der Waals surface area contributed by atoms with Gasteiger partial charge in [-0.3, -0.25) is 19.7 Å². The fourth-order valence-corrected chi connectivity index (χ4v) is 3.28. The van der Waals surface area contributed by atoms with Gasteiger partial charge in [0.05, 0.1) is 21.7 Å². The Balaban J connectivity index is 2.00. The quantitative estimate of drug-likeness (QED) is 0.368. The summed E-state index contributed by atoms with van der Waals surface area (Å²) < 4.78 is 0. The molecule has 0 aromatic heterocycles. The molecule has 0 amide bonds. The van der Waals surface area contributed by atoms with Crippen molar-refractivity contribution in [1.82, 2.24) is 0 Å². The zero-order valence-corrected chi connectivity index (χ0v) is 14.2. The van der Waals surface area contributed by atoms with Crippen LogP contribution in [0.1, 0.15) is 31.8 Å². The second-order valence-electron chi connectivity index (χ2n) is 6.18. The smallest absolute Gasteiger partial charge is 0.281 e. The Bertz CT molecular complexity index is 1170. The Morgan fingerprint density at radius 1 is 0.857 bits per heavy atom. The number of ketones is 2. The molecule has 28 heavy (non-hydrogen) atoms. The number of carbonyl (C=O) groups is 2. The lowest BCUT2D eigenvalue weighted by Crippen LogP contribution is -2.23. The number of nitro benzene ring substituents is 1. The number of nitrogens with zero attached hydrogens (tertiary/aromatic N) is 1.